The van der Waals surface area contributed by atoms with E-state index in [4.69, 9.17) is 0 Å². The molecule has 2 aromatic carbocycles. The predicted octanol–water partition coefficient (Wildman–Crippen LogP) is 3.17. The second kappa shape index (κ2) is 7.23. The number of hydrogen-bond acceptors (Lipinski definition) is 4. The van der Waals surface area contributed by atoms with Crippen molar-refractivity contribution in [2.75, 3.05) is 13.1 Å². The molecule has 1 N–H and O–H groups in total. The zero-order valence-corrected chi connectivity index (χ0v) is 17.1. The number of benzene rings is 2. The van der Waals surface area contributed by atoms with E-state index in [2.05, 4.69) is 4.98 Å². The topological polar surface area (TPSA) is 99.5 Å². The van der Waals surface area contributed by atoms with Crippen LogP contribution in [0.1, 0.15) is 36.2 Å². The van der Waals surface area contributed by atoms with E-state index in [0.29, 0.717) is 18.5 Å². The Morgan fingerprint density at radius 3 is 2.74 bits per heavy atom. The van der Waals surface area contributed by atoms with E-state index >= 15 is 0 Å². The molecule has 0 spiro atoms. The molecule has 0 radical (unpaired) electrons. The van der Waals surface area contributed by atoms with Gasteiger partial charge in [-0.05, 0) is 23.6 Å². The van der Waals surface area contributed by atoms with Crippen LogP contribution in [0.25, 0.3) is 10.9 Å². The number of nitro benzene ring substituents is 1. The molecule has 5 rings (SSSR count). The minimum atomic E-state index is -0.622. The van der Waals surface area contributed by atoms with Crippen LogP contribution in [-0.4, -0.2) is 50.7 Å². The van der Waals surface area contributed by atoms with Crippen molar-refractivity contribution in [2.45, 2.75) is 31.8 Å². The van der Waals surface area contributed by atoms with Gasteiger partial charge < -0.3 is 14.8 Å². The second-order valence-corrected chi connectivity index (χ2v) is 8.10. The molecule has 1 fully saturated rings. The number of nitro groups is 1. The highest BCUT2D eigenvalue weighted by molar-refractivity contribution is 5.97. The minimum Gasteiger partial charge on any atom is -0.356 e. The van der Waals surface area contributed by atoms with Crippen LogP contribution in [-0.2, 0) is 16.0 Å². The lowest BCUT2D eigenvalue weighted by molar-refractivity contribution is -0.384. The van der Waals surface area contributed by atoms with Gasteiger partial charge in [-0.3, -0.25) is 19.7 Å². The summed E-state index contributed by atoms with van der Waals surface area (Å²) in [5, 5.41) is 12.4. The first-order valence-electron chi connectivity index (χ1n) is 10.4. The van der Waals surface area contributed by atoms with Crippen LogP contribution in [0.5, 0.6) is 0 Å². The van der Waals surface area contributed by atoms with Gasteiger partial charge in [0.1, 0.15) is 6.04 Å². The van der Waals surface area contributed by atoms with Crippen molar-refractivity contribution >= 4 is 28.4 Å². The molecule has 2 aliphatic heterocycles. The molecule has 3 heterocycles. The summed E-state index contributed by atoms with van der Waals surface area (Å²) < 4.78 is 0. The van der Waals surface area contributed by atoms with E-state index in [9.17, 15) is 19.7 Å². The fourth-order valence-electron chi connectivity index (χ4n) is 4.94. The highest BCUT2D eigenvalue weighted by Gasteiger charge is 2.48. The van der Waals surface area contributed by atoms with Crippen molar-refractivity contribution in [3.63, 3.8) is 0 Å². The number of nitrogens with zero attached hydrogens (tertiary/aromatic N) is 3. The van der Waals surface area contributed by atoms with Gasteiger partial charge in [0.25, 0.3) is 5.69 Å². The summed E-state index contributed by atoms with van der Waals surface area (Å²) in [7, 11) is 0. The molecule has 0 bridgehead atoms. The van der Waals surface area contributed by atoms with Crippen molar-refractivity contribution < 1.29 is 14.5 Å². The number of carbonyl (C=O) groups is 2. The van der Waals surface area contributed by atoms with Crippen molar-refractivity contribution in [1.82, 2.24) is 14.8 Å². The maximum Gasteiger partial charge on any atom is 0.269 e. The Morgan fingerprint density at radius 2 is 1.97 bits per heavy atom. The van der Waals surface area contributed by atoms with Gasteiger partial charge in [-0.2, -0.15) is 0 Å². The number of piperazine rings is 1. The lowest BCUT2D eigenvalue weighted by atomic mass is 9.86. The Morgan fingerprint density at radius 1 is 1.16 bits per heavy atom. The Hall–Kier alpha value is -3.68. The molecule has 3 aromatic rings. The van der Waals surface area contributed by atoms with Crippen LogP contribution in [0.15, 0.2) is 48.5 Å². The van der Waals surface area contributed by atoms with Gasteiger partial charge in [-0.15, -0.1) is 0 Å². The summed E-state index contributed by atoms with van der Waals surface area (Å²) in [5.41, 5.74) is 3.32. The summed E-state index contributed by atoms with van der Waals surface area (Å²) in [6.45, 7) is 2.55. The van der Waals surface area contributed by atoms with Crippen molar-refractivity contribution in [3.8, 4) is 0 Å². The highest BCUT2D eigenvalue weighted by Crippen LogP contribution is 2.43. The SMILES string of the molecule is CCCN1CC(=O)N2C(c3cccc([N+](=O)[O-])c3)c3[nH]c4ccccc4c3C[C@@H]2C1=O. The van der Waals surface area contributed by atoms with Crippen LogP contribution in [0.4, 0.5) is 5.69 Å². The molecule has 1 saturated heterocycles. The zero-order chi connectivity index (χ0) is 21.7. The number of carbonyl (C=O) groups excluding carboxylic acids is 2. The summed E-state index contributed by atoms with van der Waals surface area (Å²) in [5.74, 6) is -0.202. The van der Waals surface area contributed by atoms with Crippen LogP contribution >= 0.6 is 0 Å². The van der Waals surface area contributed by atoms with E-state index in [-0.39, 0.29) is 24.0 Å². The number of aromatic amines is 1. The molecule has 0 saturated carbocycles. The molecule has 2 amide bonds. The third-order valence-electron chi connectivity index (χ3n) is 6.23. The molecule has 8 heteroatoms. The maximum atomic E-state index is 13.3. The Balaban J connectivity index is 1.71. The quantitative estimate of drug-likeness (QED) is 0.520. The number of non-ortho nitro benzene ring substituents is 1. The Labute approximate surface area is 178 Å². The van der Waals surface area contributed by atoms with Crippen LogP contribution < -0.4 is 0 Å². The van der Waals surface area contributed by atoms with Crippen LogP contribution in [0.3, 0.4) is 0 Å². The summed E-state index contributed by atoms with van der Waals surface area (Å²) in [4.78, 5) is 44.2. The fourth-order valence-corrected chi connectivity index (χ4v) is 4.94. The monoisotopic (exact) mass is 418 g/mol. The molecule has 2 atom stereocenters. The van der Waals surface area contributed by atoms with Crippen molar-refractivity contribution in [2.24, 2.45) is 0 Å². The first kappa shape index (κ1) is 19.3. The standard InChI is InChI=1S/C23H22N4O4/c1-2-10-25-13-20(28)26-19(23(25)29)12-17-16-8-3-4-9-18(16)24-21(17)22(26)14-6-5-7-15(11-14)27(30)31/h3-9,11,19,22,24H,2,10,12-13H2,1H3/t19-,22?/m1/s1. The normalized spacial score (nSPS) is 20.7. The van der Waals surface area contributed by atoms with Gasteiger partial charge in [-0.1, -0.05) is 37.3 Å². The third-order valence-corrected chi connectivity index (χ3v) is 6.23. The molecule has 0 aliphatic carbocycles. The summed E-state index contributed by atoms with van der Waals surface area (Å²) in [6, 6.07) is 13.0. The number of fused-ring (bicyclic) bond motifs is 4. The predicted molar refractivity (Wildman–Crippen MR) is 114 cm³/mol. The molecular weight excluding hydrogens is 396 g/mol. The van der Waals surface area contributed by atoms with E-state index < -0.39 is 17.0 Å². The number of nitrogens with one attached hydrogen (secondary N) is 1. The van der Waals surface area contributed by atoms with E-state index in [0.717, 1.165) is 28.6 Å². The third kappa shape index (κ3) is 2.98. The Kier molecular flexibility index (Phi) is 4.50. The number of amides is 2. The molecule has 158 valence electrons. The molecular formula is C23H22N4O4. The van der Waals surface area contributed by atoms with Gasteiger partial charge >= 0.3 is 0 Å². The molecule has 8 nitrogen and oxygen atoms in total. The van der Waals surface area contributed by atoms with Gasteiger partial charge in [0, 0.05) is 41.7 Å². The number of hydrogen-bond donors (Lipinski definition) is 1. The van der Waals surface area contributed by atoms with E-state index in [1.54, 1.807) is 21.9 Å². The first-order chi connectivity index (χ1) is 15.0. The van der Waals surface area contributed by atoms with E-state index in [1.807, 2.05) is 31.2 Å². The van der Waals surface area contributed by atoms with Gasteiger partial charge in [-0.25, -0.2) is 0 Å². The Bertz CT molecular complexity index is 1220. The lowest BCUT2D eigenvalue weighted by Crippen LogP contribution is -2.63. The van der Waals surface area contributed by atoms with Gasteiger partial charge in [0.2, 0.25) is 11.8 Å². The smallest absolute Gasteiger partial charge is 0.269 e. The van der Waals surface area contributed by atoms with E-state index in [1.165, 1.54) is 12.1 Å². The first-order valence-corrected chi connectivity index (χ1v) is 10.4. The molecule has 2 aliphatic rings. The van der Waals surface area contributed by atoms with Crippen LogP contribution in [0.2, 0.25) is 0 Å². The minimum absolute atomic E-state index is 0.0319. The van der Waals surface area contributed by atoms with Crippen molar-refractivity contribution in [1.29, 1.82) is 0 Å². The van der Waals surface area contributed by atoms with Gasteiger partial charge in [0.15, 0.2) is 0 Å². The number of H-pyrrole nitrogens is 1. The number of para-hydroxylation sites is 1. The zero-order valence-electron chi connectivity index (χ0n) is 17.1. The molecule has 31 heavy (non-hydrogen) atoms. The lowest BCUT2D eigenvalue weighted by Gasteiger charge is -2.47. The maximum absolute atomic E-state index is 13.3. The number of aromatic nitrogens is 1. The highest BCUT2D eigenvalue weighted by atomic mass is 16.6. The molecule has 1 unspecified atom stereocenters. The summed E-state index contributed by atoms with van der Waals surface area (Å²) in [6.07, 6.45) is 1.20. The fraction of sp³-hybridized carbons (Fsp3) is 0.304. The van der Waals surface area contributed by atoms with Crippen LogP contribution in [0, 0.1) is 10.1 Å². The second-order valence-electron chi connectivity index (χ2n) is 8.10. The van der Waals surface area contributed by atoms with Gasteiger partial charge in [0.05, 0.1) is 17.5 Å². The van der Waals surface area contributed by atoms with Crippen molar-refractivity contribution in [3.05, 3.63) is 75.5 Å². The summed E-state index contributed by atoms with van der Waals surface area (Å²) >= 11 is 0. The number of rotatable bonds is 4. The average Bonchev–Trinajstić information content (AvgIpc) is 3.14. The average molecular weight is 418 g/mol. The largest absolute Gasteiger partial charge is 0.356 e. The molecule has 1 aromatic heterocycles.